The van der Waals surface area contributed by atoms with Crippen LogP contribution in [0.3, 0.4) is 0 Å². The number of nitrogen functional groups attached to an aromatic ring is 1. The summed E-state index contributed by atoms with van der Waals surface area (Å²) in [7, 11) is 1.47. The van der Waals surface area contributed by atoms with Gasteiger partial charge in [0.25, 0.3) is 0 Å². The molecule has 2 rings (SSSR count). The average molecular weight is 259 g/mol. The van der Waals surface area contributed by atoms with Crippen molar-refractivity contribution in [1.29, 1.82) is 0 Å². The van der Waals surface area contributed by atoms with Gasteiger partial charge in [0.15, 0.2) is 12.4 Å². The zero-order valence-corrected chi connectivity index (χ0v) is 10.4. The van der Waals surface area contributed by atoms with Crippen LogP contribution in [-0.2, 0) is 11.3 Å². The van der Waals surface area contributed by atoms with Crippen LogP contribution in [0.4, 0.5) is 5.69 Å². The van der Waals surface area contributed by atoms with Crippen molar-refractivity contribution in [2.45, 2.75) is 6.61 Å². The molecule has 2 N–H and O–H groups in total. The lowest BCUT2D eigenvalue weighted by Gasteiger charge is -2.08. The lowest BCUT2D eigenvalue weighted by atomic mass is 10.2. The Kier molecular flexibility index (Phi) is 3.92. The van der Waals surface area contributed by atoms with Gasteiger partial charge in [0, 0.05) is 18.1 Å². The summed E-state index contributed by atoms with van der Waals surface area (Å²) in [6.07, 6.45) is 3.16. The first kappa shape index (κ1) is 12.8. The number of anilines is 1. The fraction of sp³-hybridized carbons (Fsp3) is 0.154. The van der Waals surface area contributed by atoms with Gasteiger partial charge in [-0.15, -0.1) is 0 Å². The van der Waals surface area contributed by atoms with E-state index in [1.165, 1.54) is 13.2 Å². The Morgan fingerprint density at radius 2 is 2.05 bits per heavy atom. The molecule has 2 aromatic rings. The van der Waals surface area contributed by atoms with Gasteiger partial charge in [-0.2, -0.15) is 0 Å². The summed E-state index contributed by atoms with van der Waals surface area (Å²) in [5.41, 5.74) is 6.38. The average Bonchev–Trinajstić information content (AvgIpc) is 2.46. The molecule has 0 aliphatic rings. The molecule has 1 heterocycles. The summed E-state index contributed by atoms with van der Waals surface area (Å²) in [4.78, 5) is 19.9. The highest BCUT2D eigenvalue weighted by molar-refractivity contribution is 5.93. The monoisotopic (exact) mass is 259 g/mol. The second-order valence-corrected chi connectivity index (χ2v) is 3.70. The van der Waals surface area contributed by atoms with Crippen molar-refractivity contribution in [2.24, 2.45) is 0 Å². The molecule has 19 heavy (non-hydrogen) atoms. The number of methoxy groups -OCH3 is 1. The van der Waals surface area contributed by atoms with Crippen molar-refractivity contribution in [1.82, 2.24) is 9.97 Å². The quantitative estimate of drug-likeness (QED) is 0.660. The Labute approximate surface area is 110 Å². The van der Waals surface area contributed by atoms with Crippen molar-refractivity contribution in [3.8, 4) is 5.75 Å². The molecule has 0 fully saturated rings. The Morgan fingerprint density at radius 3 is 2.74 bits per heavy atom. The summed E-state index contributed by atoms with van der Waals surface area (Å²) < 4.78 is 10.2. The predicted molar refractivity (Wildman–Crippen MR) is 68.6 cm³/mol. The molecule has 6 nitrogen and oxygen atoms in total. The van der Waals surface area contributed by atoms with Crippen LogP contribution < -0.4 is 10.5 Å². The first-order valence-corrected chi connectivity index (χ1v) is 5.57. The number of benzene rings is 1. The molecule has 0 radical (unpaired) electrons. The molecular weight excluding hydrogens is 246 g/mol. The maximum atomic E-state index is 11.9. The zero-order valence-electron chi connectivity index (χ0n) is 10.4. The van der Waals surface area contributed by atoms with Crippen LogP contribution in [0.2, 0.25) is 0 Å². The van der Waals surface area contributed by atoms with Gasteiger partial charge in [0.05, 0.1) is 7.11 Å². The molecule has 1 aromatic heterocycles. The highest BCUT2D eigenvalue weighted by Gasteiger charge is 2.14. The number of aromatic nitrogens is 2. The van der Waals surface area contributed by atoms with Crippen LogP contribution >= 0.6 is 0 Å². The van der Waals surface area contributed by atoms with E-state index in [1.807, 2.05) is 0 Å². The molecule has 98 valence electrons. The molecule has 0 saturated heterocycles. The van der Waals surface area contributed by atoms with Gasteiger partial charge in [0.2, 0.25) is 0 Å². The molecule has 0 saturated carbocycles. The third-order valence-electron chi connectivity index (χ3n) is 2.40. The molecule has 0 spiro atoms. The zero-order chi connectivity index (χ0) is 13.7. The van der Waals surface area contributed by atoms with E-state index in [1.54, 1.807) is 30.6 Å². The molecule has 0 atom stereocenters. The third kappa shape index (κ3) is 3.19. The summed E-state index contributed by atoms with van der Waals surface area (Å²) in [6.45, 7) is -0.00235. The maximum Gasteiger partial charge on any atom is 0.342 e. The standard InChI is InChI=1S/C13H13N3O3/c1-18-11-4-3-9(14)7-10(11)13(17)19-8-12-15-5-2-6-16-12/h2-7H,8,14H2,1H3. The normalized spacial score (nSPS) is 9.95. The summed E-state index contributed by atoms with van der Waals surface area (Å²) in [5.74, 6) is 0.309. The lowest BCUT2D eigenvalue weighted by Crippen LogP contribution is -2.09. The van der Waals surface area contributed by atoms with Crippen LogP contribution in [0, 0.1) is 0 Å². The number of nitrogens with two attached hydrogens (primary N) is 1. The van der Waals surface area contributed by atoms with Crippen molar-refractivity contribution in [3.63, 3.8) is 0 Å². The summed E-state index contributed by atoms with van der Waals surface area (Å²) in [6, 6.07) is 6.46. The van der Waals surface area contributed by atoms with E-state index in [0.717, 1.165) is 0 Å². The van der Waals surface area contributed by atoms with Gasteiger partial charge in [-0.1, -0.05) is 0 Å². The van der Waals surface area contributed by atoms with E-state index in [4.69, 9.17) is 15.2 Å². The van der Waals surface area contributed by atoms with E-state index >= 15 is 0 Å². The van der Waals surface area contributed by atoms with Crippen molar-refractivity contribution in [2.75, 3.05) is 12.8 Å². The number of carbonyl (C=O) groups excluding carboxylic acids is 1. The molecule has 0 unspecified atom stereocenters. The van der Waals surface area contributed by atoms with E-state index in [2.05, 4.69) is 9.97 Å². The number of hydrogen-bond donors (Lipinski definition) is 1. The highest BCUT2D eigenvalue weighted by Crippen LogP contribution is 2.22. The Morgan fingerprint density at radius 1 is 1.32 bits per heavy atom. The van der Waals surface area contributed by atoms with Gasteiger partial charge < -0.3 is 15.2 Å². The third-order valence-corrected chi connectivity index (χ3v) is 2.40. The van der Waals surface area contributed by atoms with Gasteiger partial charge in [0.1, 0.15) is 11.3 Å². The van der Waals surface area contributed by atoms with E-state index in [9.17, 15) is 4.79 Å². The van der Waals surface area contributed by atoms with Crippen molar-refractivity contribution < 1.29 is 14.3 Å². The second-order valence-electron chi connectivity index (χ2n) is 3.70. The van der Waals surface area contributed by atoms with E-state index in [0.29, 0.717) is 17.3 Å². The summed E-state index contributed by atoms with van der Waals surface area (Å²) in [5, 5.41) is 0. The summed E-state index contributed by atoms with van der Waals surface area (Å²) >= 11 is 0. The number of nitrogens with zero attached hydrogens (tertiary/aromatic N) is 2. The first-order valence-electron chi connectivity index (χ1n) is 5.57. The molecule has 0 bridgehead atoms. The Hall–Kier alpha value is -2.63. The predicted octanol–water partition coefficient (Wildman–Crippen LogP) is 1.42. The van der Waals surface area contributed by atoms with Crippen LogP contribution in [0.25, 0.3) is 0 Å². The van der Waals surface area contributed by atoms with E-state index in [-0.39, 0.29) is 12.2 Å². The van der Waals surface area contributed by atoms with E-state index < -0.39 is 5.97 Å². The first-order chi connectivity index (χ1) is 9.20. The van der Waals surface area contributed by atoms with Crippen molar-refractivity contribution >= 4 is 11.7 Å². The number of carbonyl (C=O) groups is 1. The molecule has 0 amide bonds. The van der Waals surface area contributed by atoms with Gasteiger partial charge >= 0.3 is 5.97 Å². The fourth-order valence-corrected chi connectivity index (χ4v) is 1.50. The minimum Gasteiger partial charge on any atom is -0.496 e. The largest absolute Gasteiger partial charge is 0.496 e. The van der Waals surface area contributed by atoms with Crippen LogP contribution in [-0.4, -0.2) is 23.0 Å². The van der Waals surface area contributed by atoms with Gasteiger partial charge in [-0.25, -0.2) is 14.8 Å². The minimum atomic E-state index is -0.531. The topological polar surface area (TPSA) is 87.3 Å². The number of rotatable bonds is 4. The smallest absolute Gasteiger partial charge is 0.342 e. The number of ether oxygens (including phenoxy) is 2. The van der Waals surface area contributed by atoms with Crippen molar-refractivity contribution in [3.05, 3.63) is 48.0 Å². The maximum absolute atomic E-state index is 11.9. The molecule has 0 aliphatic heterocycles. The highest BCUT2D eigenvalue weighted by atomic mass is 16.5. The van der Waals surface area contributed by atoms with Gasteiger partial charge in [-0.3, -0.25) is 0 Å². The lowest BCUT2D eigenvalue weighted by molar-refractivity contribution is 0.0458. The van der Waals surface area contributed by atoms with Gasteiger partial charge in [-0.05, 0) is 24.3 Å². The molecular formula is C13H13N3O3. The molecule has 0 aliphatic carbocycles. The molecule has 6 heteroatoms. The van der Waals surface area contributed by atoms with Crippen LogP contribution in [0.15, 0.2) is 36.7 Å². The van der Waals surface area contributed by atoms with Crippen LogP contribution in [0.5, 0.6) is 5.75 Å². The minimum absolute atomic E-state index is 0.00235. The SMILES string of the molecule is COc1ccc(N)cc1C(=O)OCc1ncccn1. The van der Waals surface area contributed by atoms with Crippen LogP contribution in [0.1, 0.15) is 16.2 Å². The number of esters is 1. The fourth-order valence-electron chi connectivity index (χ4n) is 1.50. The Bertz CT molecular complexity index is 573. The number of hydrogen-bond acceptors (Lipinski definition) is 6. The Balaban J connectivity index is 2.10. The second kappa shape index (κ2) is 5.81. The molecule has 1 aromatic carbocycles.